The van der Waals surface area contributed by atoms with Crippen LogP contribution in [0.3, 0.4) is 0 Å². The maximum Gasteiger partial charge on any atom is 0.0972 e. The summed E-state index contributed by atoms with van der Waals surface area (Å²) in [5, 5.41) is -0.0402. The quantitative estimate of drug-likeness (QED) is 0.160. The Hall–Kier alpha value is -6.68. The minimum absolute atomic E-state index is 0.0446. The molecular formula is C50H32N2S. The monoisotopic (exact) mass is 718 g/mol. The summed E-state index contributed by atoms with van der Waals surface area (Å²) in [6, 6.07) is -10.9. The second-order valence-electron chi connectivity index (χ2n) is 11.3. The largest absolute Gasteiger partial charge is 0.254 e. The molecule has 0 saturated heterocycles. The van der Waals surface area contributed by atoms with Crippen LogP contribution < -0.4 is 0 Å². The van der Waals surface area contributed by atoms with E-state index in [4.69, 9.17) is 27.4 Å². The normalized spacial score (nSPS) is 18.3. The maximum atomic E-state index is 9.81. The Morgan fingerprint density at radius 3 is 1.57 bits per heavy atom. The molecule has 10 rings (SSSR count). The van der Waals surface area contributed by atoms with Gasteiger partial charge in [0.1, 0.15) is 0 Å². The Balaban J connectivity index is 1.33. The molecule has 0 bridgehead atoms. The van der Waals surface area contributed by atoms with Crippen molar-refractivity contribution in [2.45, 2.75) is 0 Å². The van der Waals surface area contributed by atoms with Crippen molar-refractivity contribution >= 4 is 43.9 Å². The zero-order valence-electron chi connectivity index (χ0n) is 52.8. The molecule has 7 aromatic carbocycles. The average Bonchev–Trinajstić information content (AvgIpc) is 3.96. The van der Waals surface area contributed by atoms with Gasteiger partial charge in [-0.05, 0) is 56.2 Å². The van der Waals surface area contributed by atoms with Crippen LogP contribution in [0.1, 0.15) is 35.6 Å². The first-order valence-corrected chi connectivity index (χ1v) is 16.6. The highest BCUT2D eigenvalue weighted by atomic mass is 32.1. The lowest BCUT2D eigenvalue weighted by Gasteiger charge is -2.14. The minimum atomic E-state index is -0.936. The first-order chi connectivity index (χ1) is 37.1. The lowest BCUT2D eigenvalue weighted by atomic mass is 9.89. The van der Waals surface area contributed by atoms with Crippen LogP contribution in [0.4, 0.5) is 0 Å². The van der Waals surface area contributed by atoms with Crippen LogP contribution in [0.5, 0.6) is 0 Å². The molecule has 3 heterocycles. The number of rotatable bonds is 6. The van der Waals surface area contributed by atoms with Gasteiger partial charge in [-0.15, -0.1) is 11.3 Å². The van der Waals surface area contributed by atoms with Gasteiger partial charge >= 0.3 is 0 Å². The Morgan fingerprint density at radius 1 is 0.415 bits per heavy atom. The summed E-state index contributed by atoms with van der Waals surface area (Å²) in [6.45, 7) is 0. The lowest BCUT2D eigenvalue weighted by molar-refractivity contribution is 1.37. The van der Waals surface area contributed by atoms with E-state index < -0.39 is 200 Å². The molecule has 53 heavy (non-hydrogen) atoms. The number of thiophene rings is 1. The fourth-order valence-corrected chi connectivity index (χ4v) is 7.32. The number of hydrogen-bond acceptors (Lipinski definition) is 3. The Kier molecular flexibility index (Phi) is 3.57. The summed E-state index contributed by atoms with van der Waals surface area (Å²) < 4.78 is 231. The first kappa shape index (κ1) is 14.4. The summed E-state index contributed by atoms with van der Waals surface area (Å²) in [4.78, 5) is 7.83. The lowest BCUT2D eigenvalue weighted by Crippen LogP contribution is -1.91. The van der Waals surface area contributed by atoms with Gasteiger partial charge in [-0.2, -0.15) is 0 Å². The molecule has 0 spiro atoms. The van der Waals surface area contributed by atoms with Crippen molar-refractivity contribution < 1.29 is 35.6 Å². The van der Waals surface area contributed by atoms with Gasteiger partial charge in [-0.1, -0.05) is 175 Å². The molecule has 0 N–H and O–H groups in total. The standard InChI is InChI=1S/C50H32N2S/c1-4-13-34(14-5-1)45-46(50(39-17-8-3-9-18-39)53-49(45)38-15-6-2-7-16-38)35-24-22-33(23-25-35)40-29-30-43(42-21-11-10-20-41(40)42)44-31-28-37-27-26-36-19-12-32-51-47(36)48(37)52-44/h1-32H/i1D,2D,3D,4D,5D,6D,7D,8D,9D,12D,13D,14D,15D,16D,17D,18D,19D,22D,23D,24D,25D,26D,27D,28D,31D,32D. The van der Waals surface area contributed by atoms with E-state index in [-0.39, 0.29) is 55.0 Å². The molecule has 0 saturated carbocycles. The number of fused-ring (bicyclic) bond motifs is 4. The summed E-state index contributed by atoms with van der Waals surface area (Å²) in [5.41, 5.74) is -4.67. The van der Waals surface area contributed by atoms with Crippen LogP contribution >= 0.6 is 11.3 Å². The Bertz CT molecular complexity index is 4340. The molecule has 3 heteroatoms. The van der Waals surface area contributed by atoms with E-state index in [1.807, 2.05) is 0 Å². The van der Waals surface area contributed by atoms with Crippen molar-refractivity contribution in [3.05, 3.63) is 194 Å². The molecule has 0 amide bonds. The molecule has 0 fully saturated rings. The highest BCUT2D eigenvalue weighted by Gasteiger charge is 2.23. The number of nitrogens with zero attached hydrogens (tertiary/aromatic N) is 2. The van der Waals surface area contributed by atoms with Crippen molar-refractivity contribution in [2.24, 2.45) is 0 Å². The summed E-state index contributed by atoms with van der Waals surface area (Å²) in [7, 11) is 0. The fraction of sp³-hybridized carbons (Fsp3) is 0. The van der Waals surface area contributed by atoms with Gasteiger partial charge in [0.15, 0.2) is 0 Å². The van der Waals surface area contributed by atoms with Crippen molar-refractivity contribution in [1.29, 1.82) is 0 Å². The van der Waals surface area contributed by atoms with E-state index in [0.29, 0.717) is 11.3 Å². The van der Waals surface area contributed by atoms with Crippen LogP contribution in [-0.4, -0.2) is 9.97 Å². The first-order valence-electron chi connectivity index (χ1n) is 28.8. The second-order valence-corrected chi connectivity index (χ2v) is 12.4. The molecule has 0 aliphatic carbocycles. The topological polar surface area (TPSA) is 25.8 Å². The van der Waals surface area contributed by atoms with Crippen molar-refractivity contribution in [3.8, 4) is 65.5 Å². The van der Waals surface area contributed by atoms with Crippen LogP contribution in [0.15, 0.2) is 194 Å². The average molecular weight is 719 g/mol. The molecular weight excluding hydrogens is 661 g/mol. The molecule has 248 valence electrons. The van der Waals surface area contributed by atoms with Gasteiger partial charge in [0.25, 0.3) is 0 Å². The van der Waals surface area contributed by atoms with Crippen molar-refractivity contribution in [3.63, 3.8) is 0 Å². The molecule has 0 radical (unpaired) electrons. The molecule has 0 unspecified atom stereocenters. The molecule has 0 aliphatic heterocycles. The maximum absolute atomic E-state index is 9.81. The highest BCUT2D eigenvalue weighted by Crippen LogP contribution is 2.52. The van der Waals surface area contributed by atoms with E-state index in [2.05, 4.69) is 9.97 Å². The van der Waals surface area contributed by atoms with E-state index >= 15 is 0 Å². The predicted octanol–water partition coefficient (Wildman–Crippen LogP) is 14.0. The van der Waals surface area contributed by atoms with Gasteiger partial charge in [0.2, 0.25) is 0 Å². The van der Waals surface area contributed by atoms with E-state index in [9.17, 15) is 8.22 Å². The Morgan fingerprint density at radius 2 is 0.925 bits per heavy atom. The molecule has 2 nitrogen and oxygen atoms in total. The SMILES string of the molecule is [2H]c1nc2c(c([2H])c1[2H])c([2H])c([2H])c1c([2H])c([2H])c(-c3ccc(-c4c([2H])c([2H])c(-c5c(-c6c([2H])c([2H])c([2H])c([2H])c6[2H])sc(-c6c([2H])c([2H])c([2H])c([2H])c6[2H])c5-c5c([2H])c([2H])c([2H])c([2H])c5[2H])c([2H])c4[2H])c4ccccc34)nc12. The third-order valence-electron chi connectivity index (χ3n) is 8.39. The second kappa shape index (κ2) is 13.1. The summed E-state index contributed by atoms with van der Waals surface area (Å²) >= 11 is 0.410. The minimum Gasteiger partial charge on any atom is -0.254 e. The summed E-state index contributed by atoms with van der Waals surface area (Å²) in [5.74, 6) is 0. The molecule has 3 aromatic heterocycles. The van der Waals surface area contributed by atoms with Crippen LogP contribution in [-0.2, 0) is 0 Å². The third-order valence-corrected chi connectivity index (χ3v) is 9.61. The third kappa shape index (κ3) is 5.50. The number of benzene rings is 7. The van der Waals surface area contributed by atoms with Gasteiger partial charge in [0, 0.05) is 43.4 Å². The van der Waals surface area contributed by atoms with Gasteiger partial charge in [0.05, 0.1) is 52.4 Å². The van der Waals surface area contributed by atoms with Gasteiger partial charge in [-0.3, -0.25) is 4.98 Å². The van der Waals surface area contributed by atoms with Crippen LogP contribution in [0.25, 0.3) is 98.1 Å². The van der Waals surface area contributed by atoms with E-state index in [0.717, 1.165) is 0 Å². The smallest absolute Gasteiger partial charge is 0.0972 e. The fourth-order valence-electron chi connectivity index (χ4n) is 6.10. The molecule has 0 aliphatic rings. The zero-order valence-corrected chi connectivity index (χ0v) is 27.6. The van der Waals surface area contributed by atoms with Crippen molar-refractivity contribution in [1.82, 2.24) is 9.97 Å². The zero-order chi connectivity index (χ0) is 57.8. The number of hydrogen-bond donors (Lipinski definition) is 0. The van der Waals surface area contributed by atoms with Gasteiger partial charge in [-0.25, -0.2) is 4.98 Å². The van der Waals surface area contributed by atoms with Crippen LogP contribution in [0.2, 0.25) is 0 Å². The van der Waals surface area contributed by atoms with E-state index in [1.54, 1.807) is 24.3 Å². The van der Waals surface area contributed by atoms with Gasteiger partial charge < -0.3 is 0 Å². The molecule has 10 aromatic rings. The summed E-state index contributed by atoms with van der Waals surface area (Å²) in [6.07, 6.45) is -0.634. The number of pyridine rings is 2. The molecule has 0 atom stereocenters. The number of aromatic nitrogens is 2. The Labute approximate surface area is 348 Å². The highest BCUT2D eigenvalue weighted by molar-refractivity contribution is 7.20. The van der Waals surface area contributed by atoms with E-state index in [1.165, 1.54) is 12.1 Å². The van der Waals surface area contributed by atoms with Crippen LogP contribution in [0, 0.1) is 0 Å². The predicted molar refractivity (Wildman–Crippen MR) is 225 cm³/mol. The van der Waals surface area contributed by atoms with Crippen molar-refractivity contribution in [2.75, 3.05) is 0 Å².